The van der Waals surface area contributed by atoms with Gasteiger partial charge in [-0.1, -0.05) is 34.1 Å². The Bertz CT molecular complexity index is 826. The molecular formula is C19H19BrN2O3S. The van der Waals surface area contributed by atoms with Gasteiger partial charge in [0.2, 0.25) is 5.91 Å². The van der Waals surface area contributed by atoms with Crippen LogP contribution in [-0.2, 0) is 10.5 Å². The minimum atomic E-state index is -0.126. The molecular weight excluding hydrogens is 416 g/mol. The number of carbonyl (C=O) groups excluding carboxylic acids is 1. The van der Waals surface area contributed by atoms with Crippen LogP contribution in [-0.4, -0.2) is 30.6 Å². The molecule has 1 N–H and O–H groups in total. The van der Waals surface area contributed by atoms with Gasteiger partial charge in [0.05, 0.1) is 11.5 Å². The van der Waals surface area contributed by atoms with Crippen LogP contribution in [0.5, 0.6) is 11.5 Å². The number of carbonyl (C=O) groups is 1. The van der Waals surface area contributed by atoms with Crippen LogP contribution >= 0.6 is 27.7 Å². The van der Waals surface area contributed by atoms with Crippen molar-refractivity contribution in [3.8, 4) is 11.5 Å². The fourth-order valence-corrected chi connectivity index (χ4v) is 3.81. The number of fused-ring (bicyclic) bond motifs is 1. The van der Waals surface area contributed by atoms with E-state index in [-0.39, 0.29) is 5.91 Å². The highest BCUT2D eigenvalue weighted by Gasteiger charge is 2.12. The fourth-order valence-electron chi connectivity index (χ4n) is 2.38. The van der Waals surface area contributed by atoms with Crippen molar-refractivity contribution in [2.75, 3.05) is 19.0 Å². The maximum absolute atomic E-state index is 12.0. The maximum atomic E-state index is 12.0. The predicted octanol–water partition coefficient (Wildman–Crippen LogP) is 3.99. The van der Waals surface area contributed by atoms with E-state index in [0.29, 0.717) is 30.4 Å². The lowest BCUT2D eigenvalue weighted by Gasteiger charge is -2.18. The molecule has 26 heavy (non-hydrogen) atoms. The molecule has 0 saturated carbocycles. The lowest BCUT2D eigenvalue weighted by atomic mass is 10.1. The highest BCUT2D eigenvalue weighted by molar-refractivity contribution is 9.10. The molecule has 1 aliphatic heterocycles. The summed E-state index contributed by atoms with van der Waals surface area (Å²) >= 11 is 5.06. The van der Waals surface area contributed by atoms with E-state index in [9.17, 15) is 4.79 Å². The van der Waals surface area contributed by atoms with Crippen LogP contribution < -0.4 is 14.9 Å². The Morgan fingerprint density at radius 3 is 2.77 bits per heavy atom. The minimum absolute atomic E-state index is 0.126. The topological polar surface area (TPSA) is 59.9 Å². The van der Waals surface area contributed by atoms with E-state index in [2.05, 4.69) is 26.5 Å². The Morgan fingerprint density at radius 2 is 1.96 bits per heavy atom. The summed E-state index contributed by atoms with van der Waals surface area (Å²) in [7, 11) is 0. The predicted molar refractivity (Wildman–Crippen MR) is 108 cm³/mol. The zero-order valence-electron chi connectivity index (χ0n) is 14.3. The SMILES string of the molecule is C/C(=N/NC(=O)CSCc1ccccc1Br)c1ccc2c(c1)OCCO2. The number of thioether (sulfide) groups is 1. The van der Waals surface area contributed by atoms with Gasteiger partial charge in [-0.2, -0.15) is 5.10 Å². The van der Waals surface area contributed by atoms with Crippen LogP contribution in [0.4, 0.5) is 0 Å². The molecule has 0 aliphatic carbocycles. The quantitative estimate of drug-likeness (QED) is 0.551. The number of rotatable bonds is 6. The number of amides is 1. The molecule has 0 saturated heterocycles. The second kappa shape index (κ2) is 9.09. The van der Waals surface area contributed by atoms with Gasteiger partial charge in [0.1, 0.15) is 13.2 Å². The number of ether oxygens (including phenoxy) is 2. The first kappa shape index (κ1) is 18.8. The van der Waals surface area contributed by atoms with Crippen molar-refractivity contribution in [2.45, 2.75) is 12.7 Å². The number of hydrogen-bond acceptors (Lipinski definition) is 5. The summed E-state index contributed by atoms with van der Waals surface area (Å²) in [4.78, 5) is 12.0. The number of hydrazone groups is 1. The highest BCUT2D eigenvalue weighted by Crippen LogP contribution is 2.30. The van der Waals surface area contributed by atoms with Crippen molar-refractivity contribution in [2.24, 2.45) is 5.10 Å². The summed E-state index contributed by atoms with van der Waals surface area (Å²) < 4.78 is 12.1. The lowest BCUT2D eigenvalue weighted by molar-refractivity contribution is -0.118. The van der Waals surface area contributed by atoms with E-state index in [1.165, 1.54) is 5.56 Å². The molecule has 0 atom stereocenters. The Hall–Kier alpha value is -1.99. The molecule has 1 heterocycles. The van der Waals surface area contributed by atoms with Crippen molar-refractivity contribution < 1.29 is 14.3 Å². The van der Waals surface area contributed by atoms with Crippen LogP contribution in [0, 0.1) is 0 Å². The maximum Gasteiger partial charge on any atom is 0.250 e. The number of hydrogen-bond donors (Lipinski definition) is 1. The van der Waals surface area contributed by atoms with Crippen LogP contribution in [0.25, 0.3) is 0 Å². The van der Waals surface area contributed by atoms with E-state index in [1.807, 2.05) is 49.4 Å². The van der Waals surface area contributed by atoms with Gasteiger partial charge in [0, 0.05) is 15.8 Å². The molecule has 0 bridgehead atoms. The first-order valence-corrected chi connectivity index (χ1v) is 10.1. The number of halogens is 1. The molecule has 0 radical (unpaired) electrons. The Balaban J connectivity index is 1.50. The first-order chi connectivity index (χ1) is 12.6. The summed E-state index contributed by atoms with van der Waals surface area (Å²) in [5.74, 6) is 2.43. The first-order valence-electron chi connectivity index (χ1n) is 8.18. The van der Waals surface area contributed by atoms with E-state index >= 15 is 0 Å². The molecule has 0 unspecified atom stereocenters. The Kier molecular flexibility index (Phi) is 6.57. The third-order valence-electron chi connectivity index (χ3n) is 3.76. The van der Waals surface area contributed by atoms with E-state index in [1.54, 1.807) is 11.8 Å². The minimum Gasteiger partial charge on any atom is -0.486 e. The molecule has 2 aromatic rings. The molecule has 1 aliphatic rings. The molecule has 0 aromatic heterocycles. The Labute approximate surface area is 165 Å². The van der Waals surface area contributed by atoms with Gasteiger partial charge in [-0.05, 0) is 36.8 Å². The number of nitrogens with zero attached hydrogens (tertiary/aromatic N) is 1. The molecule has 2 aromatic carbocycles. The summed E-state index contributed by atoms with van der Waals surface area (Å²) in [5.41, 5.74) is 5.37. The van der Waals surface area contributed by atoms with Gasteiger partial charge in [0.15, 0.2) is 11.5 Å². The zero-order valence-corrected chi connectivity index (χ0v) is 16.7. The van der Waals surface area contributed by atoms with Crippen molar-refractivity contribution in [1.29, 1.82) is 0 Å². The van der Waals surface area contributed by atoms with Gasteiger partial charge in [-0.15, -0.1) is 11.8 Å². The molecule has 5 nitrogen and oxygen atoms in total. The van der Waals surface area contributed by atoms with Crippen LogP contribution in [0.2, 0.25) is 0 Å². The average Bonchev–Trinajstić information content (AvgIpc) is 2.67. The molecule has 3 rings (SSSR count). The molecule has 136 valence electrons. The van der Waals surface area contributed by atoms with E-state index in [4.69, 9.17) is 9.47 Å². The summed E-state index contributed by atoms with van der Waals surface area (Å²) in [6, 6.07) is 13.6. The highest BCUT2D eigenvalue weighted by atomic mass is 79.9. The van der Waals surface area contributed by atoms with Crippen LogP contribution in [0.3, 0.4) is 0 Å². The standard InChI is InChI=1S/C19H19BrN2O3S/c1-13(14-6-7-17-18(10-14)25-9-8-24-17)21-22-19(23)12-26-11-15-4-2-3-5-16(15)20/h2-7,10H,8-9,11-12H2,1H3,(H,22,23)/b21-13-. The largest absolute Gasteiger partial charge is 0.486 e. The van der Waals surface area contributed by atoms with E-state index < -0.39 is 0 Å². The van der Waals surface area contributed by atoms with Crippen LogP contribution in [0.1, 0.15) is 18.1 Å². The van der Waals surface area contributed by atoms with E-state index in [0.717, 1.165) is 21.5 Å². The van der Waals surface area contributed by atoms with Crippen LogP contribution in [0.15, 0.2) is 52.0 Å². The van der Waals surface area contributed by atoms with Crippen molar-refractivity contribution in [3.05, 3.63) is 58.1 Å². The smallest absolute Gasteiger partial charge is 0.250 e. The monoisotopic (exact) mass is 434 g/mol. The summed E-state index contributed by atoms with van der Waals surface area (Å²) in [6.45, 7) is 2.95. The molecule has 7 heteroatoms. The van der Waals surface area contributed by atoms with Crippen molar-refractivity contribution in [3.63, 3.8) is 0 Å². The summed E-state index contributed by atoms with van der Waals surface area (Å²) in [6.07, 6.45) is 0. The van der Waals surface area contributed by atoms with Gasteiger partial charge in [-0.3, -0.25) is 4.79 Å². The van der Waals surface area contributed by atoms with Crippen molar-refractivity contribution in [1.82, 2.24) is 5.43 Å². The normalized spacial score (nSPS) is 13.4. The molecule has 1 amide bonds. The average molecular weight is 435 g/mol. The zero-order chi connectivity index (χ0) is 18.4. The second-order valence-electron chi connectivity index (χ2n) is 5.67. The third-order valence-corrected chi connectivity index (χ3v) is 5.51. The third kappa shape index (κ3) is 5.02. The lowest BCUT2D eigenvalue weighted by Crippen LogP contribution is -2.21. The van der Waals surface area contributed by atoms with Gasteiger partial charge >= 0.3 is 0 Å². The Morgan fingerprint density at radius 1 is 1.19 bits per heavy atom. The molecule has 0 spiro atoms. The van der Waals surface area contributed by atoms with Gasteiger partial charge < -0.3 is 9.47 Å². The van der Waals surface area contributed by atoms with Crippen molar-refractivity contribution >= 4 is 39.3 Å². The molecule has 0 fully saturated rings. The van der Waals surface area contributed by atoms with Gasteiger partial charge in [-0.25, -0.2) is 5.43 Å². The van der Waals surface area contributed by atoms with Gasteiger partial charge in [0.25, 0.3) is 0 Å². The number of benzene rings is 2. The fraction of sp³-hybridized carbons (Fsp3) is 0.263. The second-order valence-corrected chi connectivity index (χ2v) is 7.51. The number of nitrogens with one attached hydrogen (secondary N) is 1. The summed E-state index contributed by atoms with van der Waals surface area (Å²) in [5, 5.41) is 4.18.